The van der Waals surface area contributed by atoms with Crippen LogP contribution in [-0.2, 0) is 11.2 Å². The van der Waals surface area contributed by atoms with Crippen molar-refractivity contribution in [1.29, 1.82) is 0 Å². The van der Waals surface area contributed by atoms with Crippen LogP contribution in [0.15, 0.2) is 30.3 Å². The van der Waals surface area contributed by atoms with Gasteiger partial charge in [0.15, 0.2) is 0 Å². The van der Waals surface area contributed by atoms with Crippen molar-refractivity contribution in [2.45, 2.75) is 53.5 Å². The fourth-order valence-electron chi connectivity index (χ4n) is 1.53. The van der Waals surface area contributed by atoms with Gasteiger partial charge in [0.25, 0.3) is 0 Å². The number of Topliss-reactive ketones (excluding diaryl/α,β-unsaturated/α-hetero) is 1. The van der Waals surface area contributed by atoms with Crippen molar-refractivity contribution in [2.24, 2.45) is 11.1 Å². The summed E-state index contributed by atoms with van der Waals surface area (Å²) in [6, 6.07) is 9.98. The Labute approximate surface area is 113 Å². The highest BCUT2D eigenvalue weighted by Gasteiger charge is 2.23. The molecular weight excluding hydrogens is 222 g/mol. The lowest BCUT2D eigenvalue weighted by atomic mass is 9.86. The van der Waals surface area contributed by atoms with E-state index >= 15 is 0 Å². The maximum atomic E-state index is 11.8. The van der Waals surface area contributed by atoms with Crippen LogP contribution in [0.2, 0.25) is 0 Å². The fourth-order valence-corrected chi connectivity index (χ4v) is 1.53. The van der Waals surface area contributed by atoms with Crippen LogP contribution in [0.1, 0.15) is 48.0 Å². The molecule has 0 spiro atoms. The zero-order valence-corrected chi connectivity index (χ0v) is 12.4. The third-order valence-electron chi connectivity index (χ3n) is 2.62. The summed E-state index contributed by atoms with van der Waals surface area (Å²) < 4.78 is 0. The number of carbonyl (C=O) groups is 1. The highest BCUT2D eigenvalue weighted by molar-refractivity contribution is 5.84. The summed E-state index contributed by atoms with van der Waals surface area (Å²) in [5, 5.41) is 0. The second-order valence-electron chi connectivity index (χ2n) is 5.33. The molecule has 1 aromatic rings. The molecule has 0 amide bonds. The second-order valence-corrected chi connectivity index (χ2v) is 5.33. The molecule has 1 unspecified atom stereocenters. The quantitative estimate of drug-likeness (QED) is 0.883. The molecule has 0 aliphatic heterocycles. The van der Waals surface area contributed by atoms with Gasteiger partial charge in [0.1, 0.15) is 5.78 Å². The molecule has 0 saturated heterocycles. The van der Waals surface area contributed by atoms with Crippen LogP contribution < -0.4 is 5.73 Å². The number of ketones is 1. The molecule has 0 aromatic heterocycles. The minimum absolute atomic E-state index is 0. The van der Waals surface area contributed by atoms with Gasteiger partial charge in [-0.1, -0.05) is 65.0 Å². The SMILES string of the molecule is CC.CC(C)(C)C(=O)CC(N)Cc1ccccc1.[HH]. The van der Waals surface area contributed by atoms with Crippen molar-refractivity contribution in [3.8, 4) is 0 Å². The first-order chi connectivity index (χ1) is 8.39. The Kier molecular flexibility index (Phi) is 7.53. The van der Waals surface area contributed by atoms with Gasteiger partial charge in [-0.05, 0) is 12.0 Å². The molecule has 2 nitrogen and oxygen atoms in total. The predicted molar refractivity (Wildman–Crippen MR) is 80.7 cm³/mol. The van der Waals surface area contributed by atoms with E-state index in [1.165, 1.54) is 5.56 Å². The highest BCUT2D eigenvalue weighted by atomic mass is 16.1. The molecule has 0 heterocycles. The van der Waals surface area contributed by atoms with E-state index in [-0.39, 0.29) is 18.7 Å². The van der Waals surface area contributed by atoms with Gasteiger partial charge in [-0.2, -0.15) is 0 Å². The van der Waals surface area contributed by atoms with Crippen LogP contribution in [0.3, 0.4) is 0 Å². The predicted octanol–water partition coefficient (Wildman–Crippen LogP) is 3.83. The van der Waals surface area contributed by atoms with Crippen molar-refractivity contribution in [2.75, 3.05) is 0 Å². The van der Waals surface area contributed by atoms with E-state index in [9.17, 15) is 4.79 Å². The minimum Gasteiger partial charge on any atom is -0.327 e. The van der Waals surface area contributed by atoms with Crippen molar-refractivity contribution in [3.63, 3.8) is 0 Å². The Bertz CT molecular complexity index is 344. The molecule has 0 aliphatic rings. The van der Waals surface area contributed by atoms with E-state index in [2.05, 4.69) is 0 Å². The Morgan fingerprint density at radius 2 is 1.72 bits per heavy atom. The molecule has 0 aliphatic carbocycles. The van der Waals surface area contributed by atoms with Crippen LogP contribution in [0.25, 0.3) is 0 Å². The van der Waals surface area contributed by atoms with Crippen LogP contribution >= 0.6 is 0 Å². The van der Waals surface area contributed by atoms with Crippen LogP contribution in [0.5, 0.6) is 0 Å². The first-order valence-corrected chi connectivity index (χ1v) is 6.72. The molecule has 1 aromatic carbocycles. The van der Waals surface area contributed by atoms with Crippen molar-refractivity contribution in [3.05, 3.63) is 35.9 Å². The normalized spacial score (nSPS) is 12.3. The number of benzene rings is 1. The average Bonchev–Trinajstić information content (AvgIpc) is 2.31. The molecule has 0 radical (unpaired) electrons. The molecular formula is C16H29NO. The smallest absolute Gasteiger partial charge is 0.139 e. The zero-order valence-electron chi connectivity index (χ0n) is 12.4. The third-order valence-corrected chi connectivity index (χ3v) is 2.62. The summed E-state index contributed by atoms with van der Waals surface area (Å²) in [6.45, 7) is 9.81. The number of rotatable bonds is 4. The molecule has 2 N–H and O–H groups in total. The van der Waals surface area contributed by atoms with Gasteiger partial charge in [0, 0.05) is 19.3 Å². The Morgan fingerprint density at radius 1 is 1.22 bits per heavy atom. The molecule has 1 atom stereocenters. The molecule has 1 rings (SSSR count). The van der Waals surface area contributed by atoms with E-state index in [0.29, 0.717) is 6.42 Å². The summed E-state index contributed by atoms with van der Waals surface area (Å²) in [6.07, 6.45) is 1.22. The maximum Gasteiger partial charge on any atom is 0.139 e. The van der Waals surface area contributed by atoms with Crippen LogP contribution in [0.4, 0.5) is 0 Å². The molecule has 0 saturated carbocycles. The Morgan fingerprint density at radius 3 is 2.17 bits per heavy atom. The van der Waals surface area contributed by atoms with E-state index in [1.54, 1.807) is 0 Å². The number of nitrogens with two attached hydrogens (primary N) is 1. The lowest BCUT2D eigenvalue weighted by Gasteiger charge is -2.19. The summed E-state index contributed by atoms with van der Waals surface area (Å²) in [4.78, 5) is 11.8. The Balaban J connectivity index is 0. The van der Waals surface area contributed by atoms with Crippen LogP contribution in [0, 0.1) is 5.41 Å². The topological polar surface area (TPSA) is 43.1 Å². The standard InChI is InChI=1S/C14H21NO.C2H6.H2/c1-14(2,3)13(16)10-12(15)9-11-7-5-4-6-8-11;1-2;/h4-8,12H,9-10,15H2,1-3H3;1-2H3;1H. The van der Waals surface area contributed by atoms with E-state index in [0.717, 1.165) is 6.42 Å². The van der Waals surface area contributed by atoms with E-state index in [4.69, 9.17) is 5.73 Å². The fraction of sp³-hybridized carbons (Fsp3) is 0.562. The van der Waals surface area contributed by atoms with Crippen molar-refractivity contribution < 1.29 is 6.22 Å². The average molecular weight is 251 g/mol. The highest BCUT2D eigenvalue weighted by Crippen LogP contribution is 2.18. The van der Waals surface area contributed by atoms with Crippen molar-refractivity contribution in [1.82, 2.24) is 0 Å². The third kappa shape index (κ3) is 6.55. The largest absolute Gasteiger partial charge is 0.327 e. The lowest BCUT2D eigenvalue weighted by molar-refractivity contribution is -0.126. The second kappa shape index (κ2) is 8.04. The molecule has 104 valence electrons. The summed E-state index contributed by atoms with van der Waals surface area (Å²) in [5.41, 5.74) is 6.89. The van der Waals surface area contributed by atoms with Crippen molar-refractivity contribution >= 4 is 5.78 Å². The number of hydrogen-bond donors (Lipinski definition) is 1. The summed E-state index contributed by atoms with van der Waals surface area (Å²) >= 11 is 0. The van der Waals surface area contributed by atoms with Gasteiger partial charge in [-0.3, -0.25) is 4.79 Å². The zero-order chi connectivity index (χ0) is 14.2. The van der Waals surface area contributed by atoms with E-state index in [1.807, 2.05) is 65.0 Å². The van der Waals surface area contributed by atoms with Crippen LogP contribution in [-0.4, -0.2) is 11.8 Å². The van der Waals surface area contributed by atoms with Gasteiger partial charge in [-0.25, -0.2) is 0 Å². The molecule has 18 heavy (non-hydrogen) atoms. The minimum atomic E-state index is -0.283. The van der Waals surface area contributed by atoms with Gasteiger partial charge in [-0.15, -0.1) is 0 Å². The summed E-state index contributed by atoms with van der Waals surface area (Å²) in [7, 11) is 0. The van der Waals surface area contributed by atoms with Gasteiger partial charge >= 0.3 is 0 Å². The first-order valence-electron chi connectivity index (χ1n) is 6.72. The monoisotopic (exact) mass is 251 g/mol. The first kappa shape index (κ1) is 16.9. The summed E-state index contributed by atoms with van der Waals surface area (Å²) in [5.74, 6) is 0.232. The van der Waals surface area contributed by atoms with Gasteiger partial charge in [0.2, 0.25) is 0 Å². The maximum absolute atomic E-state index is 11.8. The molecule has 2 heteroatoms. The van der Waals surface area contributed by atoms with E-state index < -0.39 is 0 Å². The number of carbonyl (C=O) groups excluding carboxylic acids is 1. The van der Waals surface area contributed by atoms with Gasteiger partial charge < -0.3 is 5.73 Å². The van der Waals surface area contributed by atoms with Gasteiger partial charge in [0.05, 0.1) is 0 Å². The molecule has 0 bridgehead atoms. The Hall–Kier alpha value is -1.15. The molecule has 0 fully saturated rings. The lowest BCUT2D eigenvalue weighted by Crippen LogP contribution is -2.31. The number of hydrogen-bond acceptors (Lipinski definition) is 2.